The quantitative estimate of drug-likeness (QED) is 0.778. The molecule has 5 nitrogen and oxygen atoms in total. The largest absolute Gasteiger partial charge is 0.481 e. The molecule has 0 aliphatic heterocycles. The van der Waals surface area contributed by atoms with Gasteiger partial charge in [-0.3, -0.25) is 9.59 Å². The SMILES string of the molecule is O=C(O)CCc1ccc2c(=O)[nH]c3ccc(Cl)cc3n12. The van der Waals surface area contributed by atoms with Crippen LogP contribution in [0.25, 0.3) is 16.6 Å². The lowest BCUT2D eigenvalue weighted by atomic mass is 10.2. The average molecular weight is 291 g/mol. The van der Waals surface area contributed by atoms with Crippen molar-refractivity contribution in [2.24, 2.45) is 0 Å². The second kappa shape index (κ2) is 4.68. The molecule has 0 saturated carbocycles. The van der Waals surface area contributed by atoms with Crippen LogP contribution in [0.15, 0.2) is 35.1 Å². The molecule has 0 bridgehead atoms. The second-order valence-electron chi connectivity index (χ2n) is 4.55. The molecule has 0 aliphatic rings. The van der Waals surface area contributed by atoms with Gasteiger partial charge in [0.2, 0.25) is 0 Å². The van der Waals surface area contributed by atoms with Gasteiger partial charge in [-0.15, -0.1) is 0 Å². The molecular formula is C14H11ClN2O3. The summed E-state index contributed by atoms with van der Waals surface area (Å²) in [5.74, 6) is -0.868. The zero-order chi connectivity index (χ0) is 14.3. The van der Waals surface area contributed by atoms with E-state index in [0.717, 1.165) is 11.2 Å². The van der Waals surface area contributed by atoms with E-state index in [1.165, 1.54) is 0 Å². The molecule has 20 heavy (non-hydrogen) atoms. The molecule has 0 atom stereocenters. The molecule has 0 radical (unpaired) electrons. The summed E-state index contributed by atoms with van der Waals surface area (Å²) in [5, 5.41) is 9.36. The van der Waals surface area contributed by atoms with E-state index in [-0.39, 0.29) is 12.0 Å². The highest BCUT2D eigenvalue weighted by atomic mass is 35.5. The van der Waals surface area contributed by atoms with Gasteiger partial charge in [0.05, 0.1) is 17.5 Å². The minimum Gasteiger partial charge on any atom is -0.481 e. The van der Waals surface area contributed by atoms with Crippen molar-refractivity contribution in [2.75, 3.05) is 0 Å². The van der Waals surface area contributed by atoms with Gasteiger partial charge >= 0.3 is 5.97 Å². The number of aromatic amines is 1. The summed E-state index contributed by atoms with van der Waals surface area (Å²) in [6, 6.07) is 8.65. The van der Waals surface area contributed by atoms with Gasteiger partial charge in [0, 0.05) is 10.7 Å². The number of carboxylic acid groups (broad SMARTS) is 1. The Bertz CT molecular complexity index is 879. The summed E-state index contributed by atoms with van der Waals surface area (Å²) in [7, 11) is 0. The third-order valence-electron chi connectivity index (χ3n) is 3.24. The molecule has 6 heteroatoms. The predicted octanol–water partition coefficient (Wildman–Crippen LogP) is 2.45. The number of aromatic nitrogens is 2. The number of aliphatic carboxylic acids is 1. The zero-order valence-electron chi connectivity index (χ0n) is 10.4. The number of hydrogen-bond donors (Lipinski definition) is 2. The topological polar surface area (TPSA) is 74.6 Å². The van der Waals surface area contributed by atoms with Crippen molar-refractivity contribution in [1.82, 2.24) is 9.38 Å². The third-order valence-corrected chi connectivity index (χ3v) is 3.47. The number of H-pyrrole nitrogens is 1. The summed E-state index contributed by atoms with van der Waals surface area (Å²) in [6.07, 6.45) is 0.371. The van der Waals surface area contributed by atoms with E-state index in [9.17, 15) is 9.59 Å². The molecule has 2 aromatic heterocycles. The van der Waals surface area contributed by atoms with Gasteiger partial charge in [0.15, 0.2) is 0 Å². The summed E-state index contributed by atoms with van der Waals surface area (Å²) in [6.45, 7) is 0. The van der Waals surface area contributed by atoms with Crippen LogP contribution in [0.3, 0.4) is 0 Å². The monoisotopic (exact) mass is 290 g/mol. The van der Waals surface area contributed by atoms with E-state index in [1.54, 1.807) is 34.7 Å². The van der Waals surface area contributed by atoms with Crippen LogP contribution < -0.4 is 5.56 Å². The van der Waals surface area contributed by atoms with Crippen molar-refractivity contribution >= 4 is 34.1 Å². The molecule has 0 spiro atoms. The van der Waals surface area contributed by atoms with Gasteiger partial charge in [-0.25, -0.2) is 0 Å². The van der Waals surface area contributed by atoms with E-state index in [4.69, 9.17) is 16.7 Å². The Labute approximate surface area is 118 Å². The number of hydrogen-bond acceptors (Lipinski definition) is 2. The summed E-state index contributed by atoms with van der Waals surface area (Å²) >= 11 is 6.01. The summed E-state index contributed by atoms with van der Waals surface area (Å²) in [5.41, 5.74) is 2.49. The van der Waals surface area contributed by atoms with Crippen LogP contribution in [-0.4, -0.2) is 20.5 Å². The zero-order valence-corrected chi connectivity index (χ0v) is 11.1. The number of nitrogens with one attached hydrogen (secondary N) is 1. The van der Waals surface area contributed by atoms with Gasteiger partial charge in [0.25, 0.3) is 5.56 Å². The van der Waals surface area contributed by atoms with Crippen molar-refractivity contribution in [1.29, 1.82) is 0 Å². The number of carbonyl (C=O) groups is 1. The van der Waals surface area contributed by atoms with E-state index < -0.39 is 5.97 Å². The molecule has 1 aromatic carbocycles. The Kier molecular flexibility index (Phi) is 2.99. The van der Waals surface area contributed by atoms with Gasteiger partial charge in [-0.05, 0) is 36.8 Å². The predicted molar refractivity (Wildman–Crippen MR) is 76.5 cm³/mol. The maximum atomic E-state index is 12.0. The van der Waals surface area contributed by atoms with Gasteiger partial charge in [0.1, 0.15) is 5.52 Å². The Morgan fingerprint density at radius 2 is 2.05 bits per heavy atom. The second-order valence-corrected chi connectivity index (χ2v) is 4.99. The molecule has 0 aliphatic carbocycles. The number of halogens is 1. The van der Waals surface area contributed by atoms with Crippen LogP contribution in [0.5, 0.6) is 0 Å². The first-order valence-corrected chi connectivity index (χ1v) is 6.48. The molecule has 2 N–H and O–H groups in total. The maximum absolute atomic E-state index is 12.0. The van der Waals surface area contributed by atoms with Crippen LogP contribution in [-0.2, 0) is 11.2 Å². The lowest BCUT2D eigenvalue weighted by Gasteiger charge is -2.07. The van der Waals surface area contributed by atoms with Crippen molar-refractivity contribution in [3.05, 3.63) is 51.4 Å². The number of rotatable bonds is 3. The van der Waals surface area contributed by atoms with E-state index in [0.29, 0.717) is 22.5 Å². The first kappa shape index (κ1) is 12.7. The molecule has 3 rings (SSSR count). The smallest absolute Gasteiger partial charge is 0.303 e. The van der Waals surface area contributed by atoms with Crippen LogP contribution >= 0.6 is 11.6 Å². The molecule has 2 heterocycles. The number of fused-ring (bicyclic) bond motifs is 3. The fraction of sp³-hybridized carbons (Fsp3) is 0.143. The number of aryl methyl sites for hydroxylation is 1. The lowest BCUT2D eigenvalue weighted by Crippen LogP contribution is -2.11. The molecule has 0 unspecified atom stereocenters. The third kappa shape index (κ3) is 2.06. The van der Waals surface area contributed by atoms with Crippen LogP contribution in [0.2, 0.25) is 5.02 Å². The van der Waals surface area contributed by atoms with E-state index >= 15 is 0 Å². The van der Waals surface area contributed by atoms with Crippen LogP contribution in [0, 0.1) is 0 Å². The molecule has 102 valence electrons. The fourth-order valence-corrected chi connectivity index (χ4v) is 2.52. The van der Waals surface area contributed by atoms with Gasteiger partial charge in [-0.2, -0.15) is 0 Å². The Balaban J connectivity index is 2.32. The highest BCUT2D eigenvalue weighted by Crippen LogP contribution is 2.20. The maximum Gasteiger partial charge on any atom is 0.303 e. The normalized spacial score (nSPS) is 11.2. The standard InChI is InChI=1S/C14H11ClN2O3/c15-8-1-4-10-12(7-8)17-9(3-6-13(18)19)2-5-11(17)14(20)16-10/h1-2,4-5,7H,3,6H2,(H,16,20)(H,18,19). The minimum atomic E-state index is -0.868. The molecule has 0 saturated heterocycles. The summed E-state index contributed by atoms with van der Waals surface area (Å²) < 4.78 is 1.77. The van der Waals surface area contributed by atoms with Crippen LogP contribution in [0.4, 0.5) is 0 Å². The number of nitrogens with zero attached hydrogens (tertiary/aromatic N) is 1. The molecule has 0 amide bonds. The average Bonchev–Trinajstić information content (AvgIpc) is 2.82. The fourth-order valence-electron chi connectivity index (χ4n) is 2.35. The van der Waals surface area contributed by atoms with E-state index in [2.05, 4.69) is 4.98 Å². The minimum absolute atomic E-state index is 0.0149. The van der Waals surface area contributed by atoms with E-state index in [1.807, 2.05) is 0 Å². The molecular weight excluding hydrogens is 280 g/mol. The van der Waals surface area contributed by atoms with Gasteiger partial charge < -0.3 is 14.5 Å². The summed E-state index contributed by atoms with van der Waals surface area (Å²) in [4.78, 5) is 25.5. The lowest BCUT2D eigenvalue weighted by molar-refractivity contribution is -0.136. The Morgan fingerprint density at radius 3 is 2.80 bits per heavy atom. The first-order chi connectivity index (χ1) is 9.56. The number of carboxylic acids is 1. The van der Waals surface area contributed by atoms with Crippen LogP contribution in [0.1, 0.15) is 12.1 Å². The Hall–Kier alpha value is -2.27. The van der Waals surface area contributed by atoms with Gasteiger partial charge in [-0.1, -0.05) is 11.6 Å². The highest BCUT2D eigenvalue weighted by molar-refractivity contribution is 6.31. The number of benzene rings is 1. The highest BCUT2D eigenvalue weighted by Gasteiger charge is 2.11. The van der Waals surface area contributed by atoms with Crippen molar-refractivity contribution < 1.29 is 9.90 Å². The first-order valence-electron chi connectivity index (χ1n) is 6.10. The molecule has 0 fully saturated rings. The van der Waals surface area contributed by atoms with Crippen molar-refractivity contribution in [2.45, 2.75) is 12.8 Å². The Morgan fingerprint density at radius 1 is 1.25 bits per heavy atom. The molecule has 3 aromatic rings. The van der Waals surface area contributed by atoms with Crippen molar-refractivity contribution in [3.63, 3.8) is 0 Å². The van der Waals surface area contributed by atoms with Crippen molar-refractivity contribution in [3.8, 4) is 0 Å².